The lowest BCUT2D eigenvalue weighted by Gasteiger charge is -2.06. The summed E-state index contributed by atoms with van der Waals surface area (Å²) in [7, 11) is 0. The lowest BCUT2D eigenvalue weighted by atomic mass is 10.1. The first-order chi connectivity index (χ1) is 4.88. The first-order valence-electron chi connectivity index (χ1n) is 3.12. The van der Waals surface area contributed by atoms with Crippen molar-refractivity contribution in [3.8, 4) is 0 Å². The summed E-state index contributed by atoms with van der Waals surface area (Å²) in [6.07, 6.45) is 3.47. The van der Waals surface area contributed by atoms with E-state index >= 15 is 0 Å². The fourth-order valence-electron chi connectivity index (χ4n) is 0.763. The number of halogens is 1. The van der Waals surface area contributed by atoms with Gasteiger partial charge in [-0.1, -0.05) is 15.9 Å². The van der Waals surface area contributed by atoms with Gasteiger partial charge in [0.25, 0.3) is 0 Å². The van der Waals surface area contributed by atoms with E-state index in [9.17, 15) is 0 Å². The predicted molar refractivity (Wildman–Crippen MR) is 44.2 cm³/mol. The maximum absolute atomic E-state index is 5.50. The van der Waals surface area contributed by atoms with Gasteiger partial charge in [0, 0.05) is 29.7 Å². The third kappa shape index (κ3) is 1.58. The zero-order valence-electron chi connectivity index (χ0n) is 5.55. The van der Waals surface area contributed by atoms with Crippen LogP contribution in [0.15, 0.2) is 12.5 Å². The van der Waals surface area contributed by atoms with E-state index in [1.54, 1.807) is 12.5 Å². The van der Waals surface area contributed by atoms with Crippen LogP contribution in [0.3, 0.4) is 0 Å². The maximum Gasteiger partial charge on any atom is 0.0921 e. The van der Waals surface area contributed by atoms with Crippen molar-refractivity contribution in [3.05, 3.63) is 18.2 Å². The number of nitrogens with one attached hydrogen (secondary N) is 1. The molecule has 0 aliphatic heterocycles. The van der Waals surface area contributed by atoms with Crippen molar-refractivity contribution in [3.63, 3.8) is 0 Å². The fourth-order valence-corrected chi connectivity index (χ4v) is 1.38. The molecule has 0 fully saturated rings. The normalized spacial score (nSPS) is 13.4. The molecule has 3 N–H and O–H groups in total. The Morgan fingerprint density at radius 3 is 3.00 bits per heavy atom. The van der Waals surface area contributed by atoms with Gasteiger partial charge in [-0.2, -0.15) is 0 Å². The number of nitrogens with two attached hydrogens (primary N) is 1. The van der Waals surface area contributed by atoms with Crippen molar-refractivity contribution >= 4 is 15.9 Å². The quantitative estimate of drug-likeness (QED) is 0.717. The minimum Gasteiger partial charge on any atom is -0.348 e. The number of rotatable bonds is 3. The molecule has 0 radical (unpaired) electrons. The molecule has 3 nitrogen and oxygen atoms in total. The Morgan fingerprint density at radius 1 is 1.80 bits per heavy atom. The molecular formula is C6H10BrN3. The van der Waals surface area contributed by atoms with E-state index in [2.05, 4.69) is 25.9 Å². The Kier molecular flexibility index (Phi) is 2.89. The van der Waals surface area contributed by atoms with Crippen molar-refractivity contribution in [2.45, 2.75) is 5.92 Å². The molecule has 1 aromatic heterocycles. The Labute approximate surface area is 68.2 Å². The highest BCUT2D eigenvalue weighted by Crippen LogP contribution is 2.12. The smallest absolute Gasteiger partial charge is 0.0921 e. The molecule has 0 unspecified atom stereocenters. The lowest BCUT2D eigenvalue weighted by molar-refractivity contribution is 0.766. The number of imidazole rings is 1. The predicted octanol–water partition coefficient (Wildman–Crippen LogP) is 0.847. The van der Waals surface area contributed by atoms with Gasteiger partial charge in [0.1, 0.15) is 0 Å². The van der Waals surface area contributed by atoms with Crippen LogP contribution in [0.2, 0.25) is 0 Å². The second-order valence-corrected chi connectivity index (χ2v) is 2.74. The zero-order valence-corrected chi connectivity index (χ0v) is 7.13. The molecule has 10 heavy (non-hydrogen) atoms. The molecule has 0 spiro atoms. The zero-order chi connectivity index (χ0) is 7.40. The SMILES string of the molecule is NC[C@H](CBr)c1cnc[nH]1. The highest BCUT2D eigenvalue weighted by atomic mass is 79.9. The first-order valence-corrected chi connectivity index (χ1v) is 4.25. The molecule has 0 aliphatic carbocycles. The number of nitrogens with zero attached hydrogens (tertiary/aromatic N) is 1. The third-order valence-electron chi connectivity index (χ3n) is 1.43. The molecule has 1 aromatic rings. The lowest BCUT2D eigenvalue weighted by Crippen LogP contribution is -2.13. The van der Waals surface area contributed by atoms with Gasteiger partial charge >= 0.3 is 0 Å². The number of alkyl halides is 1. The number of hydrogen-bond donors (Lipinski definition) is 2. The van der Waals surface area contributed by atoms with Crippen molar-refractivity contribution in [2.24, 2.45) is 5.73 Å². The van der Waals surface area contributed by atoms with Crippen LogP contribution in [0.25, 0.3) is 0 Å². The Balaban J connectivity index is 2.64. The molecule has 1 atom stereocenters. The minimum absolute atomic E-state index is 0.363. The van der Waals surface area contributed by atoms with Crippen LogP contribution >= 0.6 is 15.9 Å². The fraction of sp³-hybridized carbons (Fsp3) is 0.500. The number of aromatic amines is 1. The van der Waals surface area contributed by atoms with E-state index in [0.29, 0.717) is 12.5 Å². The molecule has 0 saturated heterocycles. The number of H-pyrrole nitrogens is 1. The molecular weight excluding hydrogens is 194 g/mol. The van der Waals surface area contributed by atoms with E-state index in [4.69, 9.17) is 5.73 Å². The van der Waals surface area contributed by atoms with Gasteiger partial charge in [0.15, 0.2) is 0 Å². The van der Waals surface area contributed by atoms with Crippen LogP contribution in [0.1, 0.15) is 11.6 Å². The van der Waals surface area contributed by atoms with E-state index in [1.807, 2.05) is 0 Å². The molecule has 0 aliphatic rings. The molecule has 56 valence electrons. The Bertz CT molecular complexity index is 169. The van der Waals surface area contributed by atoms with Crippen molar-refractivity contribution in [2.75, 3.05) is 11.9 Å². The highest BCUT2D eigenvalue weighted by molar-refractivity contribution is 9.09. The van der Waals surface area contributed by atoms with Gasteiger partial charge in [-0.25, -0.2) is 4.98 Å². The topological polar surface area (TPSA) is 54.7 Å². The monoisotopic (exact) mass is 203 g/mol. The summed E-state index contributed by atoms with van der Waals surface area (Å²) in [5.74, 6) is 0.363. The van der Waals surface area contributed by atoms with E-state index in [1.165, 1.54) is 0 Å². The van der Waals surface area contributed by atoms with Crippen molar-refractivity contribution in [1.29, 1.82) is 0 Å². The van der Waals surface area contributed by atoms with Crippen molar-refractivity contribution in [1.82, 2.24) is 9.97 Å². The van der Waals surface area contributed by atoms with E-state index < -0.39 is 0 Å². The van der Waals surface area contributed by atoms with Gasteiger partial charge in [-0.05, 0) is 0 Å². The molecule has 0 amide bonds. The first kappa shape index (κ1) is 7.75. The highest BCUT2D eigenvalue weighted by Gasteiger charge is 2.07. The summed E-state index contributed by atoms with van der Waals surface area (Å²) >= 11 is 3.37. The van der Waals surface area contributed by atoms with Gasteiger partial charge in [-0.15, -0.1) is 0 Å². The summed E-state index contributed by atoms with van der Waals surface area (Å²) in [5, 5.41) is 0.881. The molecule has 1 rings (SSSR count). The van der Waals surface area contributed by atoms with Crippen LogP contribution in [-0.2, 0) is 0 Å². The third-order valence-corrected chi connectivity index (χ3v) is 2.21. The Morgan fingerprint density at radius 2 is 2.60 bits per heavy atom. The van der Waals surface area contributed by atoms with E-state index in [0.717, 1.165) is 11.0 Å². The molecule has 1 heterocycles. The average molecular weight is 204 g/mol. The van der Waals surface area contributed by atoms with Crippen molar-refractivity contribution < 1.29 is 0 Å². The second kappa shape index (κ2) is 3.73. The molecule has 4 heteroatoms. The second-order valence-electron chi connectivity index (χ2n) is 2.09. The molecule has 0 saturated carbocycles. The summed E-state index contributed by atoms with van der Waals surface area (Å²) in [6, 6.07) is 0. The maximum atomic E-state index is 5.50. The molecule has 0 bridgehead atoms. The van der Waals surface area contributed by atoms with Crippen LogP contribution in [0.5, 0.6) is 0 Å². The number of hydrogen-bond acceptors (Lipinski definition) is 2. The van der Waals surface area contributed by atoms with Crippen LogP contribution in [-0.4, -0.2) is 21.8 Å². The van der Waals surface area contributed by atoms with Crippen LogP contribution in [0.4, 0.5) is 0 Å². The summed E-state index contributed by atoms with van der Waals surface area (Å²) in [4.78, 5) is 6.93. The van der Waals surface area contributed by atoms with Gasteiger partial charge in [0.05, 0.1) is 6.33 Å². The summed E-state index contributed by atoms with van der Waals surface area (Å²) < 4.78 is 0. The summed E-state index contributed by atoms with van der Waals surface area (Å²) in [6.45, 7) is 0.646. The summed E-state index contributed by atoms with van der Waals surface area (Å²) in [5.41, 5.74) is 6.59. The van der Waals surface area contributed by atoms with Crippen LogP contribution in [0, 0.1) is 0 Å². The van der Waals surface area contributed by atoms with Gasteiger partial charge in [-0.3, -0.25) is 0 Å². The van der Waals surface area contributed by atoms with E-state index in [-0.39, 0.29) is 0 Å². The minimum atomic E-state index is 0.363. The average Bonchev–Trinajstić information content (AvgIpc) is 2.43. The number of aromatic nitrogens is 2. The van der Waals surface area contributed by atoms with Gasteiger partial charge < -0.3 is 10.7 Å². The standard InChI is InChI=1S/C6H10BrN3/c7-1-5(2-8)6-3-9-4-10-6/h3-5H,1-2,8H2,(H,9,10)/t5-/m0/s1. The molecule has 0 aromatic carbocycles. The largest absolute Gasteiger partial charge is 0.348 e. The van der Waals surface area contributed by atoms with Gasteiger partial charge in [0.2, 0.25) is 0 Å². The Hall–Kier alpha value is -0.350. The van der Waals surface area contributed by atoms with Crippen LogP contribution < -0.4 is 5.73 Å².